The number of hydrogen-bond donors (Lipinski definition) is 1. The van der Waals surface area contributed by atoms with E-state index in [1.165, 1.54) is 0 Å². The van der Waals surface area contributed by atoms with E-state index in [2.05, 4.69) is 20.0 Å². The number of alkyl halides is 3. The third kappa shape index (κ3) is 5.85. The number of aromatic nitrogens is 6. The number of carboxylic acid groups (broad SMARTS) is 1. The van der Waals surface area contributed by atoms with Crippen LogP contribution in [0.25, 0.3) is 22.7 Å². The first kappa shape index (κ1) is 27.3. The van der Waals surface area contributed by atoms with E-state index in [0.29, 0.717) is 30.1 Å². The van der Waals surface area contributed by atoms with Gasteiger partial charge in [0.2, 0.25) is 0 Å². The molecule has 1 saturated heterocycles. The highest BCUT2D eigenvalue weighted by Crippen LogP contribution is 2.26. The number of anilines is 1. The van der Waals surface area contributed by atoms with Crippen molar-refractivity contribution in [1.82, 2.24) is 34.0 Å². The molecule has 11 nitrogen and oxygen atoms in total. The number of nitrogens with zero attached hydrogens (tertiary/aromatic N) is 8. The number of benzene rings is 1. The highest BCUT2D eigenvalue weighted by molar-refractivity contribution is 6.00. The number of rotatable bonds is 4. The Labute approximate surface area is 231 Å². The summed E-state index contributed by atoms with van der Waals surface area (Å²) in [4.78, 5) is 39.8. The molecule has 0 saturated carbocycles. The summed E-state index contributed by atoms with van der Waals surface area (Å²) in [6, 6.07) is 15.8. The van der Waals surface area contributed by atoms with Crippen molar-refractivity contribution in [2.45, 2.75) is 6.18 Å². The molecule has 5 heterocycles. The molecule has 1 amide bonds. The van der Waals surface area contributed by atoms with Gasteiger partial charge in [0, 0.05) is 56.7 Å². The van der Waals surface area contributed by atoms with Crippen molar-refractivity contribution in [1.29, 1.82) is 0 Å². The molecule has 1 aliphatic heterocycles. The number of halogens is 3. The van der Waals surface area contributed by atoms with Crippen molar-refractivity contribution in [2.24, 2.45) is 0 Å². The lowest BCUT2D eigenvalue weighted by Gasteiger charge is -2.35. The second kappa shape index (κ2) is 11.5. The second-order valence-corrected chi connectivity index (χ2v) is 8.87. The van der Waals surface area contributed by atoms with Gasteiger partial charge in [0.25, 0.3) is 5.91 Å². The van der Waals surface area contributed by atoms with Gasteiger partial charge in [-0.15, -0.1) is 0 Å². The number of imidazole rings is 1. The molecule has 0 bridgehead atoms. The fourth-order valence-electron chi connectivity index (χ4n) is 4.40. The smallest absolute Gasteiger partial charge is 0.475 e. The molecule has 210 valence electrons. The van der Waals surface area contributed by atoms with Gasteiger partial charge in [0.15, 0.2) is 11.5 Å². The Morgan fingerprint density at radius 2 is 1.51 bits per heavy atom. The van der Waals surface area contributed by atoms with Gasteiger partial charge in [-0.1, -0.05) is 18.2 Å². The van der Waals surface area contributed by atoms with Gasteiger partial charge in [-0.3, -0.25) is 19.2 Å². The molecule has 14 heteroatoms. The zero-order valence-corrected chi connectivity index (χ0v) is 21.4. The Balaban J connectivity index is 0.000000431. The minimum absolute atomic E-state index is 0.0862. The van der Waals surface area contributed by atoms with E-state index in [0.717, 1.165) is 30.2 Å². The zero-order valence-electron chi connectivity index (χ0n) is 21.4. The number of fused-ring (bicyclic) bond motifs is 1. The number of amides is 1. The van der Waals surface area contributed by atoms with Crippen molar-refractivity contribution in [3.63, 3.8) is 0 Å². The molecule has 1 N–H and O–H groups in total. The van der Waals surface area contributed by atoms with Crippen molar-refractivity contribution < 1.29 is 27.9 Å². The van der Waals surface area contributed by atoms with Crippen LogP contribution in [0.1, 0.15) is 10.5 Å². The fraction of sp³-hybridized carbons (Fsp3) is 0.185. The van der Waals surface area contributed by atoms with E-state index in [-0.39, 0.29) is 5.91 Å². The van der Waals surface area contributed by atoms with E-state index in [1.807, 2.05) is 68.7 Å². The van der Waals surface area contributed by atoms with Crippen LogP contribution in [-0.2, 0) is 4.79 Å². The Morgan fingerprint density at radius 1 is 0.829 bits per heavy atom. The number of carbonyl (C=O) groups excluding carboxylic acids is 1. The number of aliphatic carboxylic acids is 1. The van der Waals surface area contributed by atoms with Crippen LogP contribution in [0, 0.1) is 0 Å². The number of para-hydroxylation sites is 1. The SMILES string of the molecule is O=C(O)C(F)(F)F.O=C(c1nc(-c2ccnn2-c2ccccc2)n2ccncc12)N1CCN(c2ccncc2)CC1. The number of carbonyl (C=O) groups is 2. The van der Waals surface area contributed by atoms with E-state index >= 15 is 0 Å². The molecule has 1 aromatic carbocycles. The van der Waals surface area contributed by atoms with Gasteiger partial charge in [0.05, 0.1) is 23.6 Å². The van der Waals surface area contributed by atoms with Crippen molar-refractivity contribution in [2.75, 3.05) is 31.1 Å². The monoisotopic (exact) mass is 564 g/mol. The van der Waals surface area contributed by atoms with Gasteiger partial charge >= 0.3 is 12.1 Å². The lowest BCUT2D eigenvalue weighted by Crippen LogP contribution is -2.49. The third-order valence-electron chi connectivity index (χ3n) is 6.36. The summed E-state index contributed by atoms with van der Waals surface area (Å²) >= 11 is 0. The highest BCUT2D eigenvalue weighted by atomic mass is 19.4. The maximum atomic E-state index is 13.6. The van der Waals surface area contributed by atoms with E-state index < -0.39 is 12.1 Å². The molecule has 1 aliphatic rings. The number of pyridine rings is 1. The molecular weight excluding hydrogens is 541 g/mol. The lowest BCUT2D eigenvalue weighted by molar-refractivity contribution is -0.192. The predicted octanol–water partition coefficient (Wildman–Crippen LogP) is 3.57. The maximum absolute atomic E-state index is 13.6. The molecule has 0 atom stereocenters. The van der Waals surface area contributed by atoms with Gasteiger partial charge < -0.3 is 14.9 Å². The summed E-state index contributed by atoms with van der Waals surface area (Å²) in [5.74, 6) is -2.19. The van der Waals surface area contributed by atoms with Crippen LogP contribution in [0.4, 0.5) is 18.9 Å². The Hall–Kier alpha value is -5.27. The number of hydrogen-bond acceptors (Lipinski definition) is 7. The van der Waals surface area contributed by atoms with Crippen LogP contribution in [0.5, 0.6) is 0 Å². The second-order valence-electron chi connectivity index (χ2n) is 8.87. The minimum Gasteiger partial charge on any atom is -0.475 e. The standard InChI is InChI=1S/C25H22N8O.C2HF3O2/c34-25(31-16-14-30(15-17-31)19-6-9-26-10-7-19)23-22-18-27-12-13-32(22)24(29-23)21-8-11-28-33(21)20-4-2-1-3-5-20;3-2(4,5)1(6)7/h1-13,18H,14-17H2;(H,6,7). The molecular formula is C27H23F3N8O3. The average molecular weight is 565 g/mol. The molecule has 0 aliphatic carbocycles. The van der Waals surface area contributed by atoms with Gasteiger partial charge in [0.1, 0.15) is 5.69 Å². The molecule has 4 aromatic heterocycles. The van der Waals surface area contributed by atoms with Crippen LogP contribution < -0.4 is 4.90 Å². The molecule has 1 fully saturated rings. The summed E-state index contributed by atoms with van der Waals surface area (Å²) in [6.45, 7) is 2.76. The Bertz CT molecular complexity index is 1650. The van der Waals surface area contributed by atoms with Crippen molar-refractivity contribution >= 4 is 23.1 Å². The topological polar surface area (TPSA) is 122 Å². The first-order valence-corrected chi connectivity index (χ1v) is 12.4. The van der Waals surface area contributed by atoms with Crippen LogP contribution in [0.2, 0.25) is 0 Å². The van der Waals surface area contributed by atoms with Crippen LogP contribution in [-0.4, -0.2) is 83.4 Å². The predicted molar refractivity (Wildman–Crippen MR) is 142 cm³/mol. The van der Waals surface area contributed by atoms with Gasteiger partial charge in [-0.25, -0.2) is 14.5 Å². The van der Waals surface area contributed by atoms with Crippen molar-refractivity contribution in [3.05, 3.63) is 91.4 Å². The molecule has 41 heavy (non-hydrogen) atoms. The van der Waals surface area contributed by atoms with Crippen LogP contribution >= 0.6 is 0 Å². The van der Waals surface area contributed by atoms with E-state index in [1.54, 1.807) is 31.0 Å². The van der Waals surface area contributed by atoms with Crippen LogP contribution in [0.15, 0.2) is 85.7 Å². The molecule has 0 unspecified atom stereocenters. The van der Waals surface area contributed by atoms with Gasteiger partial charge in [-0.2, -0.15) is 18.3 Å². The zero-order chi connectivity index (χ0) is 29.0. The number of carboxylic acids is 1. The number of piperazine rings is 1. The molecule has 0 spiro atoms. The minimum atomic E-state index is -5.08. The largest absolute Gasteiger partial charge is 0.490 e. The summed E-state index contributed by atoms with van der Waals surface area (Å²) in [5, 5.41) is 11.6. The average Bonchev–Trinajstić information content (AvgIpc) is 3.63. The Morgan fingerprint density at radius 3 is 2.17 bits per heavy atom. The maximum Gasteiger partial charge on any atom is 0.490 e. The van der Waals surface area contributed by atoms with E-state index in [9.17, 15) is 18.0 Å². The first-order chi connectivity index (χ1) is 19.7. The lowest BCUT2D eigenvalue weighted by atomic mass is 10.2. The summed E-state index contributed by atoms with van der Waals surface area (Å²) in [5.41, 5.74) is 3.93. The molecule has 5 aromatic rings. The Kier molecular flexibility index (Phi) is 7.63. The first-order valence-electron chi connectivity index (χ1n) is 12.4. The summed E-state index contributed by atoms with van der Waals surface area (Å²) in [7, 11) is 0. The fourth-order valence-corrected chi connectivity index (χ4v) is 4.40. The van der Waals surface area contributed by atoms with Crippen molar-refractivity contribution in [3.8, 4) is 17.2 Å². The summed E-state index contributed by atoms with van der Waals surface area (Å²) < 4.78 is 35.5. The molecule has 6 rings (SSSR count). The van der Waals surface area contributed by atoms with E-state index in [4.69, 9.17) is 14.9 Å². The molecule has 0 radical (unpaired) electrons. The normalized spacial score (nSPS) is 13.5. The summed E-state index contributed by atoms with van der Waals surface area (Å²) in [6.07, 6.45) is 5.46. The quantitative estimate of drug-likeness (QED) is 0.352. The third-order valence-corrected chi connectivity index (χ3v) is 6.36. The highest BCUT2D eigenvalue weighted by Gasteiger charge is 2.38. The van der Waals surface area contributed by atoms with Gasteiger partial charge in [-0.05, 0) is 30.3 Å². The van der Waals surface area contributed by atoms with Crippen LogP contribution in [0.3, 0.4) is 0 Å².